The number of rotatable bonds is 4. The molecule has 0 aliphatic carbocycles. The molecule has 7 heteroatoms. The van der Waals surface area contributed by atoms with Crippen LogP contribution in [0.5, 0.6) is 5.75 Å². The third-order valence-corrected chi connectivity index (χ3v) is 3.69. The summed E-state index contributed by atoms with van der Waals surface area (Å²) in [4.78, 5) is 10.7. The molecule has 0 atom stereocenters. The van der Waals surface area contributed by atoms with Crippen LogP contribution in [0.3, 0.4) is 0 Å². The summed E-state index contributed by atoms with van der Waals surface area (Å²) < 4.78 is 41.6. The van der Waals surface area contributed by atoms with Gasteiger partial charge in [0.1, 0.15) is 16.5 Å². The molecule has 2 aromatic carbocycles. The minimum Gasteiger partial charge on any atom is -0.379 e. The summed E-state index contributed by atoms with van der Waals surface area (Å²) in [5, 5.41) is 0. The quantitative estimate of drug-likeness (QED) is 0.870. The third-order valence-electron chi connectivity index (χ3n) is 2.43. The summed E-state index contributed by atoms with van der Waals surface area (Å²) in [7, 11) is -4.09. The normalized spacial score (nSPS) is 11.1. The molecule has 0 heterocycles. The summed E-state index contributed by atoms with van der Waals surface area (Å²) in [6, 6.07) is 9.68. The van der Waals surface area contributed by atoms with Crippen LogP contribution in [0.2, 0.25) is 0 Å². The largest absolute Gasteiger partial charge is 0.379 e. The molecule has 0 aliphatic heterocycles. The first-order chi connectivity index (χ1) is 9.38. The molecule has 5 nitrogen and oxygen atoms in total. The van der Waals surface area contributed by atoms with E-state index < -0.39 is 21.8 Å². The van der Waals surface area contributed by atoms with Gasteiger partial charge < -0.3 is 9.92 Å². The van der Waals surface area contributed by atoms with E-state index in [9.17, 15) is 17.6 Å². The van der Waals surface area contributed by atoms with Crippen molar-refractivity contribution in [2.75, 3.05) is 0 Å². The fourth-order valence-electron chi connectivity index (χ4n) is 1.48. The van der Waals surface area contributed by atoms with E-state index in [-0.39, 0.29) is 16.2 Å². The van der Waals surface area contributed by atoms with Crippen LogP contribution in [0.4, 0.5) is 4.39 Å². The molecule has 0 unspecified atom stereocenters. The molecule has 1 amide bonds. The number of benzene rings is 2. The van der Waals surface area contributed by atoms with Crippen molar-refractivity contribution >= 4 is 16.0 Å². The zero-order valence-electron chi connectivity index (χ0n) is 10.1. The molecule has 104 valence electrons. The lowest BCUT2D eigenvalue weighted by Crippen LogP contribution is -2.13. The van der Waals surface area contributed by atoms with Crippen LogP contribution in [0, 0.1) is 5.82 Å². The first kappa shape index (κ1) is 14.0. The minimum absolute atomic E-state index is 0.135. The maximum atomic E-state index is 13.0. The van der Waals surface area contributed by atoms with Gasteiger partial charge in [-0.25, -0.2) is 4.39 Å². The molecular formula is C13H10FNO4S. The summed E-state index contributed by atoms with van der Waals surface area (Å²) >= 11 is 0. The smallest absolute Gasteiger partial charge is 0.339 e. The van der Waals surface area contributed by atoms with Crippen molar-refractivity contribution in [1.29, 1.82) is 0 Å². The number of carbonyl (C=O) groups excluding carboxylic acids is 1. The molecule has 20 heavy (non-hydrogen) atoms. The third kappa shape index (κ3) is 3.12. The molecule has 0 aromatic heterocycles. The van der Waals surface area contributed by atoms with E-state index in [4.69, 9.17) is 9.92 Å². The first-order valence-corrected chi connectivity index (χ1v) is 6.89. The molecule has 0 saturated carbocycles. The average Bonchev–Trinajstić information content (AvgIpc) is 2.38. The summed E-state index contributed by atoms with van der Waals surface area (Å²) in [6.45, 7) is 0. The van der Waals surface area contributed by atoms with Gasteiger partial charge in [-0.15, -0.1) is 0 Å². The van der Waals surface area contributed by atoms with Crippen molar-refractivity contribution in [3.63, 3.8) is 0 Å². The van der Waals surface area contributed by atoms with Gasteiger partial charge in [-0.05, 0) is 36.4 Å². The maximum absolute atomic E-state index is 13.0. The minimum atomic E-state index is -4.09. The zero-order valence-corrected chi connectivity index (χ0v) is 10.9. The van der Waals surface area contributed by atoms with Crippen LogP contribution in [0.1, 0.15) is 10.4 Å². The van der Waals surface area contributed by atoms with Gasteiger partial charge in [0, 0.05) is 11.6 Å². The van der Waals surface area contributed by atoms with Gasteiger partial charge in [-0.2, -0.15) is 8.42 Å². The van der Waals surface area contributed by atoms with E-state index in [1.165, 1.54) is 42.5 Å². The van der Waals surface area contributed by atoms with E-state index in [2.05, 4.69) is 0 Å². The first-order valence-electron chi connectivity index (χ1n) is 5.48. The van der Waals surface area contributed by atoms with Crippen molar-refractivity contribution in [3.05, 3.63) is 59.9 Å². The second-order valence-corrected chi connectivity index (χ2v) is 5.43. The number of primary amides is 1. The highest BCUT2D eigenvalue weighted by molar-refractivity contribution is 7.87. The number of nitrogens with two attached hydrogens (primary N) is 1. The number of halogens is 1. The van der Waals surface area contributed by atoms with E-state index in [1.807, 2.05) is 0 Å². The van der Waals surface area contributed by atoms with Crippen molar-refractivity contribution in [2.24, 2.45) is 5.73 Å². The highest BCUT2D eigenvalue weighted by atomic mass is 32.2. The lowest BCUT2D eigenvalue weighted by atomic mass is 10.2. The highest BCUT2D eigenvalue weighted by Crippen LogP contribution is 2.19. The van der Waals surface area contributed by atoms with Gasteiger partial charge in [0.2, 0.25) is 5.91 Å². The Morgan fingerprint density at radius 2 is 1.75 bits per heavy atom. The van der Waals surface area contributed by atoms with Gasteiger partial charge in [0.15, 0.2) is 0 Å². The van der Waals surface area contributed by atoms with E-state index in [1.54, 1.807) is 0 Å². The number of amides is 1. The molecule has 2 N–H and O–H groups in total. The van der Waals surface area contributed by atoms with Gasteiger partial charge in [-0.3, -0.25) is 4.79 Å². The van der Waals surface area contributed by atoms with E-state index >= 15 is 0 Å². The molecular weight excluding hydrogens is 285 g/mol. The van der Waals surface area contributed by atoms with Crippen LogP contribution in [-0.2, 0) is 10.1 Å². The van der Waals surface area contributed by atoms with Crippen molar-refractivity contribution in [3.8, 4) is 5.75 Å². The second-order valence-electron chi connectivity index (χ2n) is 3.88. The van der Waals surface area contributed by atoms with Crippen LogP contribution in [0.15, 0.2) is 53.4 Å². The van der Waals surface area contributed by atoms with Gasteiger partial charge in [-0.1, -0.05) is 6.07 Å². The van der Waals surface area contributed by atoms with Crippen LogP contribution < -0.4 is 9.92 Å². The second kappa shape index (κ2) is 5.30. The molecule has 2 rings (SSSR count). The standard InChI is InChI=1S/C13H10FNO4S/c14-10-2-1-3-11(8-10)19-20(17,18)12-6-4-9(5-7-12)13(15)16/h1-8H,(H2,15,16). The summed E-state index contributed by atoms with van der Waals surface area (Å²) in [6.07, 6.45) is 0. The molecule has 0 saturated heterocycles. The predicted octanol–water partition coefficient (Wildman–Crippen LogP) is 1.69. The molecule has 0 spiro atoms. The fourth-order valence-corrected chi connectivity index (χ4v) is 2.40. The summed E-state index contributed by atoms with van der Waals surface area (Å²) in [5.41, 5.74) is 5.23. The Morgan fingerprint density at radius 3 is 2.30 bits per heavy atom. The number of carbonyl (C=O) groups is 1. The van der Waals surface area contributed by atoms with Crippen LogP contribution in [0.25, 0.3) is 0 Å². The van der Waals surface area contributed by atoms with Gasteiger partial charge in [0.05, 0.1) is 0 Å². The monoisotopic (exact) mass is 295 g/mol. The maximum Gasteiger partial charge on any atom is 0.339 e. The zero-order chi connectivity index (χ0) is 14.8. The van der Waals surface area contributed by atoms with Crippen molar-refractivity contribution < 1.29 is 21.8 Å². The molecule has 0 bridgehead atoms. The van der Waals surface area contributed by atoms with Gasteiger partial charge >= 0.3 is 10.1 Å². The Labute approximate surface area is 114 Å². The lowest BCUT2D eigenvalue weighted by Gasteiger charge is -2.07. The number of hydrogen-bond donors (Lipinski definition) is 1. The Morgan fingerprint density at radius 1 is 1.10 bits per heavy atom. The molecule has 0 radical (unpaired) electrons. The van der Waals surface area contributed by atoms with Crippen molar-refractivity contribution in [1.82, 2.24) is 0 Å². The molecule has 2 aromatic rings. The Hall–Kier alpha value is -2.41. The molecule has 0 fully saturated rings. The fraction of sp³-hybridized carbons (Fsp3) is 0. The summed E-state index contributed by atoms with van der Waals surface area (Å²) in [5.74, 6) is -1.41. The van der Waals surface area contributed by atoms with E-state index in [0.717, 1.165) is 6.07 Å². The number of hydrogen-bond acceptors (Lipinski definition) is 4. The van der Waals surface area contributed by atoms with Crippen LogP contribution >= 0.6 is 0 Å². The van der Waals surface area contributed by atoms with Crippen molar-refractivity contribution in [2.45, 2.75) is 4.90 Å². The Bertz CT molecular complexity index is 741. The topological polar surface area (TPSA) is 86.5 Å². The Balaban J connectivity index is 2.28. The predicted molar refractivity (Wildman–Crippen MR) is 69.2 cm³/mol. The lowest BCUT2D eigenvalue weighted by molar-refractivity contribution is 0.1000. The highest BCUT2D eigenvalue weighted by Gasteiger charge is 2.17. The average molecular weight is 295 g/mol. The Kier molecular flexibility index (Phi) is 3.71. The molecule has 0 aliphatic rings. The van der Waals surface area contributed by atoms with Gasteiger partial charge in [0.25, 0.3) is 0 Å². The van der Waals surface area contributed by atoms with Crippen LogP contribution in [-0.4, -0.2) is 14.3 Å². The van der Waals surface area contributed by atoms with E-state index in [0.29, 0.717) is 0 Å². The SMILES string of the molecule is NC(=O)c1ccc(S(=O)(=O)Oc2cccc(F)c2)cc1.